The quantitative estimate of drug-likeness (QED) is 0.838. The zero-order valence-corrected chi connectivity index (χ0v) is 9.41. The minimum atomic E-state index is -3.27. The van der Waals surface area contributed by atoms with Crippen molar-refractivity contribution in [3.63, 3.8) is 0 Å². The van der Waals surface area contributed by atoms with E-state index in [4.69, 9.17) is 10.8 Å². The van der Waals surface area contributed by atoms with Gasteiger partial charge in [-0.05, 0) is 40.3 Å². The number of rotatable bonds is 3. The molecule has 0 amide bonds. The van der Waals surface area contributed by atoms with Gasteiger partial charge in [-0.15, -0.1) is 0 Å². The van der Waals surface area contributed by atoms with Crippen LogP contribution < -0.4 is 5.73 Å². The number of hydrogen-bond acceptors (Lipinski definition) is 2. The van der Waals surface area contributed by atoms with Crippen LogP contribution in [0.3, 0.4) is 0 Å². The van der Waals surface area contributed by atoms with Crippen LogP contribution in [0.25, 0.3) is 0 Å². The lowest BCUT2D eigenvalue weighted by molar-refractivity contribution is -0.0711. The Morgan fingerprint density at radius 1 is 1.50 bits per heavy atom. The maximum Gasteiger partial charge on any atom is 0.289 e. The molecule has 0 heterocycles. The normalized spacial score (nSPS) is 14.1. The van der Waals surface area contributed by atoms with Gasteiger partial charge < -0.3 is 10.8 Å². The predicted octanol–water partition coefficient (Wildman–Crippen LogP) is 1.92. The first-order valence-corrected chi connectivity index (χ1v) is 5.05. The Hall–Kier alpha value is -0.270. The van der Waals surface area contributed by atoms with Crippen LogP contribution in [0.1, 0.15) is 11.6 Å². The third-order valence-corrected chi connectivity index (χ3v) is 2.54. The molecule has 1 rings (SSSR count). The lowest BCUT2D eigenvalue weighted by atomic mass is 10.0. The summed E-state index contributed by atoms with van der Waals surface area (Å²) in [6, 6.07) is 5.09. The molecule has 0 aliphatic heterocycles. The van der Waals surface area contributed by atoms with E-state index in [9.17, 15) is 8.78 Å². The van der Waals surface area contributed by atoms with E-state index in [1.165, 1.54) is 6.07 Å². The fraction of sp³-hybridized carbons (Fsp3) is 0.333. The topological polar surface area (TPSA) is 46.2 Å². The summed E-state index contributed by atoms with van der Waals surface area (Å²) >= 11 is 2.02. The van der Waals surface area contributed by atoms with Crippen molar-refractivity contribution in [1.82, 2.24) is 0 Å². The largest absolute Gasteiger partial charge is 0.390 e. The molecule has 1 aromatic carbocycles. The molecule has 0 bridgehead atoms. The Balaban J connectivity index is 2.94. The highest BCUT2D eigenvalue weighted by Crippen LogP contribution is 2.29. The SMILES string of the molecule is N[C@H](c1cccc(I)c1)C(F)(F)CO. The summed E-state index contributed by atoms with van der Waals surface area (Å²) in [5.74, 6) is -3.27. The Morgan fingerprint density at radius 3 is 2.64 bits per heavy atom. The Bertz CT molecular complexity index is 319. The first kappa shape index (κ1) is 11.8. The van der Waals surface area contributed by atoms with E-state index in [1.54, 1.807) is 18.2 Å². The molecule has 1 aromatic rings. The van der Waals surface area contributed by atoms with Crippen LogP contribution in [-0.4, -0.2) is 17.6 Å². The molecule has 0 saturated carbocycles. The van der Waals surface area contributed by atoms with Crippen LogP contribution in [0, 0.1) is 3.57 Å². The first-order chi connectivity index (χ1) is 6.47. The Morgan fingerprint density at radius 2 is 2.14 bits per heavy atom. The maximum absolute atomic E-state index is 13.0. The molecule has 5 heteroatoms. The highest BCUT2D eigenvalue weighted by atomic mass is 127. The number of aliphatic hydroxyl groups is 1. The second-order valence-corrected chi connectivity index (χ2v) is 4.20. The third-order valence-electron chi connectivity index (χ3n) is 1.87. The zero-order chi connectivity index (χ0) is 10.8. The molecule has 14 heavy (non-hydrogen) atoms. The summed E-state index contributed by atoms with van der Waals surface area (Å²) < 4.78 is 26.8. The molecule has 2 nitrogen and oxygen atoms in total. The molecule has 78 valence electrons. The number of benzene rings is 1. The van der Waals surface area contributed by atoms with Gasteiger partial charge in [-0.2, -0.15) is 0 Å². The van der Waals surface area contributed by atoms with Gasteiger partial charge in [0.25, 0.3) is 5.92 Å². The highest BCUT2D eigenvalue weighted by molar-refractivity contribution is 14.1. The first-order valence-electron chi connectivity index (χ1n) is 3.97. The highest BCUT2D eigenvalue weighted by Gasteiger charge is 2.37. The number of aliphatic hydroxyl groups excluding tert-OH is 1. The van der Waals surface area contributed by atoms with Gasteiger partial charge in [0.15, 0.2) is 0 Å². The average Bonchev–Trinajstić information content (AvgIpc) is 2.16. The van der Waals surface area contributed by atoms with Crippen molar-refractivity contribution in [2.24, 2.45) is 5.73 Å². The molecule has 0 radical (unpaired) electrons. The summed E-state index contributed by atoms with van der Waals surface area (Å²) in [5, 5.41) is 8.46. The van der Waals surface area contributed by atoms with Crippen molar-refractivity contribution < 1.29 is 13.9 Å². The zero-order valence-electron chi connectivity index (χ0n) is 7.25. The van der Waals surface area contributed by atoms with E-state index in [-0.39, 0.29) is 0 Å². The molecule has 3 N–H and O–H groups in total. The van der Waals surface area contributed by atoms with Crippen LogP contribution in [0.4, 0.5) is 8.78 Å². The van der Waals surface area contributed by atoms with Gasteiger partial charge in [0, 0.05) is 3.57 Å². The van der Waals surface area contributed by atoms with E-state index >= 15 is 0 Å². The van der Waals surface area contributed by atoms with Gasteiger partial charge in [-0.25, -0.2) is 8.78 Å². The minimum Gasteiger partial charge on any atom is -0.390 e. The average molecular weight is 313 g/mol. The van der Waals surface area contributed by atoms with Crippen LogP contribution in [0.2, 0.25) is 0 Å². The van der Waals surface area contributed by atoms with Crippen molar-refractivity contribution in [2.45, 2.75) is 12.0 Å². The van der Waals surface area contributed by atoms with Crippen LogP contribution in [0.5, 0.6) is 0 Å². The fourth-order valence-electron chi connectivity index (χ4n) is 1.04. The molecular formula is C9H10F2INO. The Labute approximate surface area is 94.3 Å². The molecule has 0 fully saturated rings. The third kappa shape index (κ3) is 2.61. The van der Waals surface area contributed by atoms with Crippen molar-refractivity contribution in [3.05, 3.63) is 33.4 Å². The van der Waals surface area contributed by atoms with Crippen molar-refractivity contribution >= 4 is 22.6 Å². The van der Waals surface area contributed by atoms with Gasteiger partial charge in [-0.3, -0.25) is 0 Å². The summed E-state index contributed by atoms with van der Waals surface area (Å²) in [7, 11) is 0. The molecular weight excluding hydrogens is 303 g/mol. The van der Waals surface area contributed by atoms with E-state index in [0.717, 1.165) is 3.57 Å². The van der Waals surface area contributed by atoms with Crippen LogP contribution in [0.15, 0.2) is 24.3 Å². The molecule has 0 aliphatic rings. The van der Waals surface area contributed by atoms with Crippen molar-refractivity contribution in [1.29, 1.82) is 0 Å². The molecule has 0 spiro atoms. The van der Waals surface area contributed by atoms with Crippen molar-refractivity contribution in [2.75, 3.05) is 6.61 Å². The van der Waals surface area contributed by atoms with E-state index in [0.29, 0.717) is 5.56 Å². The van der Waals surface area contributed by atoms with E-state index < -0.39 is 18.6 Å². The van der Waals surface area contributed by atoms with Crippen LogP contribution >= 0.6 is 22.6 Å². The Kier molecular flexibility index (Phi) is 3.79. The molecule has 1 atom stereocenters. The predicted molar refractivity (Wildman–Crippen MR) is 58.1 cm³/mol. The number of alkyl halides is 2. The number of nitrogens with two attached hydrogens (primary N) is 1. The van der Waals surface area contributed by atoms with Crippen LogP contribution in [-0.2, 0) is 0 Å². The van der Waals surface area contributed by atoms with E-state index in [2.05, 4.69) is 0 Å². The van der Waals surface area contributed by atoms with Gasteiger partial charge >= 0.3 is 0 Å². The molecule has 0 aliphatic carbocycles. The summed E-state index contributed by atoms with van der Waals surface area (Å²) in [4.78, 5) is 0. The van der Waals surface area contributed by atoms with Gasteiger partial charge in [-0.1, -0.05) is 12.1 Å². The molecule has 0 unspecified atom stereocenters. The summed E-state index contributed by atoms with van der Waals surface area (Å²) in [6.07, 6.45) is 0. The molecule has 0 aromatic heterocycles. The fourth-order valence-corrected chi connectivity index (χ4v) is 1.61. The minimum absolute atomic E-state index is 0.330. The lowest BCUT2D eigenvalue weighted by Gasteiger charge is -2.21. The standard InChI is InChI=1S/C9H10F2INO/c10-9(11,5-14)8(13)6-2-1-3-7(12)4-6/h1-4,8,14H,5,13H2/t8-/m1/s1. The monoisotopic (exact) mass is 313 g/mol. The number of hydrogen-bond donors (Lipinski definition) is 2. The van der Waals surface area contributed by atoms with E-state index in [1.807, 2.05) is 22.6 Å². The van der Waals surface area contributed by atoms with Gasteiger partial charge in [0.1, 0.15) is 6.61 Å². The summed E-state index contributed by atoms with van der Waals surface area (Å²) in [5.41, 5.74) is 5.67. The van der Waals surface area contributed by atoms with Gasteiger partial charge in [0.05, 0.1) is 6.04 Å². The van der Waals surface area contributed by atoms with Gasteiger partial charge in [0.2, 0.25) is 0 Å². The lowest BCUT2D eigenvalue weighted by Crippen LogP contribution is -2.36. The second kappa shape index (κ2) is 4.50. The second-order valence-electron chi connectivity index (χ2n) is 2.95. The number of halogens is 3. The smallest absolute Gasteiger partial charge is 0.289 e. The maximum atomic E-state index is 13.0. The molecule has 0 saturated heterocycles. The summed E-state index contributed by atoms with van der Waals surface area (Å²) in [6.45, 7) is -1.24. The van der Waals surface area contributed by atoms with Crippen molar-refractivity contribution in [3.8, 4) is 0 Å².